The average Bonchev–Trinajstić information content (AvgIpc) is 2.47. The quantitative estimate of drug-likeness (QED) is 0.664. The third-order valence-corrected chi connectivity index (χ3v) is 2.93. The highest BCUT2D eigenvalue weighted by molar-refractivity contribution is 5.52. The molecule has 108 valence electrons. The highest BCUT2D eigenvalue weighted by atomic mass is 19.4. The van der Waals surface area contributed by atoms with Gasteiger partial charge in [0.25, 0.3) is 0 Å². The fraction of sp³-hybridized carbons (Fsp3) is 0.111. The van der Waals surface area contributed by atoms with Gasteiger partial charge in [0.1, 0.15) is 0 Å². The first-order chi connectivity index (χ1) is 10.1. The number of halogens is 3. The summed E-state index contributed by atoms with van der Waals surface area (Å²) in [5, 5.41) is 0. The maximum absolute atomic E-state index is 12.4. The molecule has 3 heteroatoms. The van der Waals surface area contributed by atoms with Crippen molar-refractivity contribution in [1.29, 1.82) is 0 Å². The largest absolute Gasteiger partial charge is 0.416 e. The second-order valence-corrected chi connectivity index (χ2v) is 4.57. The zero-order valence-electron chi connectivity index (χ0n) is 11.3. The monoisotopic (exact) mass is 288 g/mol. The highest BCUT2D eigenvalue weighted by Gasteiger charge is 2.29. The number of hydrogen-bond acceptors (Lipinski definition) is 0. The van der Waals surface area contributed by atoms with E-state index in [-0.39, 0.29) is 0 Å². The molecule has 2 aromatic rings. The third kappa shape index (κ3) is 4.95. The lowest BCUT2D eigenvalue weighted by atomic mass is 10.1. The van der Waals surface area contributed by atoms with Crippen LogP contribution in [0.2, 0.25) is 0 Å². The molecule has 0 bridgehead atoms. The molecule has 0 aliphatic carbocycles. The molecule has 0 unspecified atom stereocenters. The van der Waals surface area contributed by atoms with Crippen LogP contribution in [0.15, 0.2) is 66.7 Å². The number of allylic oxidation sites excluding steroid dienone is 2. The van der Waals surface area contributed by atoms with E-state index in [0.29, 0.717) is 0 Å². The molecule has 2 rings (SSSR count). The number of hydrogen-bond donors (Lipinski definition) is 0. The third-order valence-electron chi connectivity index (χ3n) is 2.93. The summed E-state index contributed by atoms with van der Waals surface area (Å²) in [6.07, 6.45) is 4.21. The minimum absolute atomic E-state index is 0.622. The van der Waals surface area contributed by atoms with Gasteiger partial charge in [-0.25, -0.2) is 0 Å². The molecular formula is C18H15F3. The molecule has 2 aromatic carbocycles. The molecular weight excluding hydrogens is 273 g/mol. The Morgan fingerprint density at radius 3 is 1.76 bits per heavy atom. The van der Waals surface area contributed by atoms with Gasteiger partial charge in [-0.2, -0.15) is 13.2 Å². The van der Waals surface area contributed by atoms with Crippen LogP contribution >= 0.6 is 0 Å². The van der Waals surface area contributed by atoms with Gasteiger partial charge in [0.05, 0.1) is 5.56 Å². The van der Waals surface area contributed by atoms with Crippen molar-refractivity contribution in [2.24, 2.45) is 0 Å². The standard InChI is InChI=1S/C18H15F3/c19-18(20,21)17-13-11-16(12-14-17)10-6-2-5-9-15-7-3-1-4-8-15/h1,3-14H,2H2/b9-5+,10-6+. The molecule has 0 fully saturated rings. The fourth-order valence-electron chi connectivity index (χ4n) is 1.83. The van der Waals surface area contributed by atoms with E-state index >= 15 is 0 Å². The maximum atomic E-state index is 12.4. The van der Waals surface area contributed by atoms with Crippen molar-refractivity contribution >= 4 is 12.2 Å². The van der Waals surface area contributed by atoms with E-state index in [9.17, 15) is 13.2 Å². The van der Waals surface area contributed by atoms with Crippen molar-refractivity contribution in [2.75, 3.05) is 0 Å². The minimum Gasteiger partial charge on any atom is -0.166 e. The Morgan fingerprint density at radius 1 is 0.714 bits per heavy atom. The first-order valence-electron chi connectivity index (χ1n) is 6.61. The van der Waals surface area contributed by atoms with E-state index in [1.54, 1.807) is 0 Å². The molecule has 0 heterocycles. The Morgan fingerprint density at radius 2 is 1.24 bits per heavy atom. The van der Waals surface area contributed by atoms with E-state index in [1.165, 1.54) is 12.1 Å². The van der Waals surface area contributed by atoms with Crippen molar-refractivity contribution < 1.29 is 13.2 Å². The molecule has 0 N–H and O–H groups in total. The van der Waals surface area contributed by atoms with Gasteiger partial charge in [0.2, 0.25) is 0 Å². The van der Waals surface area contributed by atoms with Gasteiger partial charge in [0.15, 0.2) is 0 Å². The summed E-state index contributed by atoms with van der Waals surface area (Å²) in [6, 6.07) is 15.1. The Kier molecular flexibility index (Phi) is 4.99. The lowest BCUT2D eigenvalue weighted by molar-refractivity contribution is -0.137. The van der Waals surface area contributed by atoms with Crippen LogP contribution in [0.1, 0.15) is 23.1 Å². The van der Waals surface area contributed by atoms with Gasteiger partial charge in [-0.3, -0.25) is 0 Å². The van der Waals surface area contributed by atoms with Crippen molar-refractivity contribution in [1.82, 2.24) is 0 Å². The number of rotatable bonds is 4. The molecule has 0 nitrogen and oxygen atoms in total. The number of benzene rings is 2. The predicted octanol–water partition coefficient (Wildman–Crippen LogP) is 5.82. The van der Waals surface area contributed by atoms with Crippen molar-refractivity contribution in [3.8, 4) is 0 Å². The molecule has 0 saturated carbocycles. The van der Waals surface area contributed by atoms with Crippen LogP contribution in [0.4, 0.5) is 13.2 Å². The Hall–Kier alpha value is -2.29. The van der Waals surface area contributed by atoms with Crippen LogP contribution < -0.4 is 0 Å². The van der Waals surface area contributed by atoms with Crippen molar-refractivity contribution in [2.45, 2.75) is 12.6 Å². The lowest BCUT2D eigenvalue weighted by Crippen LogP contribution is -2.03. The Labute approximate surface area is 122 Å². The summed E-state index contributed by atoms with van der Waals surface area (Å²) in [5.74, 6) is 0. The van der Waals surface area contributed by atoms with Gasteiger partial charge >= 0.3 is 6.18 Å². The molecule has 21 heavy (non-hydrogen) atoms. The summed E-state index contributed by atoms with van der Waals surface area (Å²) in [5.41, 5.74) is 1.26. The van der Waals surface area contributed by atoms with Crippen LogP contribution in [-0.2, 0) is 6.18 Å². The summed E-state index contributed by atoms with van der Waals surface area (Å²) in [7, 11) is 0. The molecule has 0 saturated heterocycles. The predicted molar refractivity (Wildman–Crippen MR) is 80.6 cm³/mol. The van der Waals surface area contributed by atoms with Gasteiger partial charge in [-0.05, 0) is 29.7 Å². The topological polar surface area (TPSA) is 0 Å². The van der Waals surface area contributed by atoms with Crippen LogP contribution in [0.5, 0.6) is 0 Å². The lowest BCUT2D eigenvalue weighted by Gasteiger charge is -2.05. The van der Waals surface area contributed by atoms with Gasteiger partial charge in [-0.1, -0.05) is 66.8 Å². The molecule has 0 atom stereocenters. The SMILES string of the molecule is FC(F)(F)c1ccc(/C=C/C/C=C/c2ccccc2)cc1. The zero-order chi connectivity index (χ0) is 15.1. The van der Waals surface area contributed by atoms with Crippen LogP contribution in [-0.4, -0.2) is 0 Å². The van der Waals surface area contributed by atoms with E-state index in [2.05, 4.69) is 0 Å². The van der Waals surface area contributed by atoms with E-state index in [1.807, 2.05) is 54.6 Å². The van der Waals surface area contributed by atoms with Gasteiger partial charge in [-0.15, -0.1) is 0 Å². The summed E-state index contributed by atoms with van der Waals surface area (Å²) < 4.78 is 37.2. The Balaban J connectivity index is 1.89. The van der Waals surface area contributed by atoms with Gasteiger partial charge in [0, 0.05) is 0 Å². The van der Waals surface area contributed by atoms with Crippen LogP contribution in [0.25, 0.3) is 12.2 Å². The highest BCUT2D eigenvalue weighted by Crippen LogP contribution is 2.29. The second kappa shape index (κ2) is 6.93. The van der Waals surface area contributed by atoms with E-state index < -0.39 is 11.7 Å². The summed E-state index contributed by atoms with van der Waals surface area (Å²) in [4.78, 5) is 0. The van der Waals surface area contributed by atoms with E-state index in [4.69, 9.17) is 0 Å². The zero-order valence-corrected chi connectivity index (χ0v) is 11.3. The molecule has 0 aromatic heterocycles. The molecule has 0 spiro atoms. The average molecular weight is 288 g/mol. The molecule has 0 amide bonds. The van der Waals surface area contributed by atoms with Crippen molar-refractivity contribution in [3.05, 3.63) is 83.4 Å². The summed E-state index contributed by atoms with van der Waals surface area (Å²) >= 11 is 0. The number of alkyl halides is 3. The molecule has 0 aliphatic heterocycles. The second-order valence-electron chi connectivity index (χ2n) is 4.57. The first kappa shape index (κ1) is 15.1. The Bertz CT molecular complexity index is 605. The van der Waals surface area contributed by atoms with E-state index in [0.717, 1.165) is 29.7 Å². The smallest absolute Gasteiger partial charge is 0.166 e. The molecule has 0 aliphatic rings. The summed E-state index contributed by atoms with van der Waals surface area (Å²) in [6.45, 7) is 0. The van der Waals surface area contributed by atoms with Gasteiger partial charge < -0.3 is 0 Å². The van der Waals surface area contributed by atoms with Crippen LogP contribution in [0, 0.1) is 0 Å². The minimum atomic E-state index is -4.28. The fourth-order valence-corrected chi connectivity index (χ4v) is 1.83. The van der Waals surface area contributed by atoms with Crippen LogP contribution in [0.3, 0.4) is 0 Å². The molecule has 0 radical (unpaired) electrons. The maximum Gasteiger partial charge on any atom is 0.416 e. The normalized spacial score (nSPS) is 12.3. The first-order valence-corrected chi connectivity index (χ1v) is 6.61. The van der Waals surface area contributed by atoms with Crippen molar-refractivity contribution in [3.63, 3.8) is 0 Å².